The zero-order chi connectivity index (χ0) is 10.4. The van der Waals surface area contributed by atoms with Crippen LogP contribution in [0, 0.1) is 11.3 Å². The van der Waals surface area contributed by atoms with E-state index in [2.05, 4.69) is 18.3 Å². The van der Waals surface area contributed by atoms with E-state index in [0.29, 0.717) is 10.6 Å². The van der Waals surface area contributed by atoms with Crippen molar-refractivity contribution in [3.8, 4) is 6.07 Å². The highest BCUT2D eigenvalue weighted by Gasteiger charge is 2.00. The molecule has 74 valence electrons. The molecule has 0 fully saturated rings. The van der Waals surface area contributed by atoms with Crippen molar-refractivity contribution in [2.24, 2.45) is 0 Å². The van der Waals surface area contributed by atoms with Crippen LogP contribution in [0.5, 0.6) is 0 Å². The zero-order valence-corrected chi connectivity index (χ0v) is 8.93. The minimum Gasteiger partial charge on any atom is -0.384 e. The second-order valence-corrected chi connectivity index (χ2v) is 3.49. The summed E-state index contributed by atoms with van der Waals surface area (Å²) >= 11 is 5.96. The molecule has 0 aromatic heterocycles. The maximum Gasteiger partial charge on any atom is 0.0992 e. The summed E-state index contributed by atoms with van der Waals surface area (Å²) in [4.78, 5) is 0. The Hall–Kier alpha value is -1.20. The zero-order valence-electron chi connectivity index (χ0n) is 8.18. The summed E-state index contributed by atoms with van der Waals surface area (Å²) in [6.07, 6.45) is 2.25. The lowest BCUT2D eigenvalue weighted by molar-refractivity contribution is 0.834. The van der Waals surface area contributed by atoms with E-state index in [9.17, 15) is 0 Å². The summed E-state index contributed by atoms with van der Waals surface area (Å²) < 4.78 is 0. The summed E-state index contributed by atoms with van der Waals surface area (Å²) in [7, 11) is 0. The third kappa shape index (κ3) is 2.93. The molecule has 0 amide bonds. The van der Waals surface area contributed by atoms with Crippen molar-refractivity contribution >= 4 is 17.3 Å². The van der Waals surface area contributed by atoms with Crippen molar-refractivity contribution < 1.29 is 0 Å². The van der Waals surface area contributed by atoms with Crippen LogP contribution in [0.1, 0.15) is 25.3 Å². The lowest BCUT2D eigenvalue weighted by Gasteiger charge is -2.07. The van der Waals surface area contributed by atoms with E-state index >= 15 is 0 Å². The summed E-state index contributed by atoms with van der Waals surface area (Å²) in [6.45, 7) is 3.03. The van der Waals surface area contributed by atoms with E-state index in [-0.39, 0.29) is 0 Å². The number of unbranched alkanes of at least 4 members (excludes halogenated alkanes) is 1. The Bertz CT molecular complexity index is 342. The van der Waals surface area contributed by atoms with E-state index in [4.69, 9.17) is 16.9 Å². The Labute approximate surface area is 89.5 Å². The number of anilines is 1. The smallest absolute Gasteiger partial charge is 0.0992 e. The molecule has 0 aliphatic rings. The second kappa shape index (κ2) is 5.51. The van der Waals surface area contributed by atoms with Crippen molar-refractivity contribution in [3.63, 3.8) is 0 Å². The van der Waals surface area contributed by atoms with Crippen molar-refractivity contribution in [2.45, 2.75) is 19.8 Å². The first-order chi connectivity index (χ1) is 6.77. The molecule has 2 nitrogen and oxygen atoms in total. The SMILES string of the molecule is CCCCNc1cc(C#N)ccc1Cl. The summed E-state index contributed by atoms with van der Waals surface area (Å²) in [6, 6.07) is 7.32. The van der Waals surface area contributed by atoms with Crippen LogP contribution in [-0.2, 0) is 0 Å². The van der Waals surface area contributed by atoms with Gasteiger partial charge in [0.25, 0.3) is 0 Å². The monoisotopic (exact) mass is 208 g/mol. The summed E-state index contributed by atoms with van der Waals surface area (Å²) in [5.41, 5.74) is 1.48. The molecule has 0 radical (unpaired) electrons. The largest absolute Gasteiger partial charge is 0.384 e. The highest BCUT2D eigenvalue weighted by molar-refractivity contribution is 6.33. The number of benzene rings is 1. The van der Waals surface area contributed by atoms with Crippen molar-refractivity contribution in [2.75, 3.05) is 11.9 Å². The van der Waals surface area contributed by atoms with E-state index in [1.165, 1.54) is 0 Å². The van der Waals surface area contributed by atoms with Gasteiger partial charge in [-0.05, 0) is 24.6 Å². The molecule has 3 heteroatoms. The highest BCUT2D eigenvalue weighted by Crippen LogP contribution is 2.22. The average Bonchev–Trinajstić information content (AvgIpc) is 2.21. The molecule has 0 unspecified atom stereocenters. The van der Waals surface area contributed by atoms with Gasteiger partial charge in [-0.1, -0.05) is 24.9 Å². The summed E-state index contributed by atoms with van der Waals surface area (Å²) in [5.74, 6) is 0. The maximum absolute atomic E-state index is 8.70. The Morgan fingerprint density at radius 3 is 2.93 bits per heavy atom. The number of hydrogen-bond acceptors (Lipinski definition) is 2. The van der Waals surface area contributed by atoms with Gasteiger partial charge in [-0.3, -0.25) is 0 Å². The predicted molar refractivity (Wildman–Crippen MR) is 59.6 cm³/mol. The first-order valence-electron chi connectivity index (χ1n) is 4.71. The van der Waals surface area contributed by atoms with Crippen LogP contribution in [0.25, 0.3) is 0 Å². The molecule has 14 heavy (non-hydrogen) atoms. The topological polar surface area (TPSA) is 35.8 Å². The fraction of sp³-hybridized carbons (Fsp3) is 0.364. The molecule has 1 aromatic carbocycles. The van der Waals surface area contributed by atoms with Crippen molar-refractivity contribution in [3.05, 3.63) is 28.8 Å². The van der Waals surface area contributed by atoms with E-state index in [1.807, 2.05) is 0 Å². The van der Waals surface area contributed by atoms with Gasteiger partial charge < -0.3 is 5.32 Å². The Morgan fingerprint density at radius 1 is 1.50 bits per heavy atom. The second-order valence-electron chi connectivity index (χ2n) is 3.09. The molecular weight excluding hydrogens is 196 g/mol. The van der Waals surface area contributed by atoms with Gasteiger partial charge in [-0.2, -0.15) is 5.26 Å². The minimum atomic E-state index is 0.633. The molecule has 0 atom stereocenters. The molecule has 0 saturated carbocycles. The van der Waals surface area contributed by atoms with E-state index in [0.717, 1.165) is 25.1 Å². The first-order valence-corrected chi connectivity index (χ1v) is 5.09. The number of rotatable bonds is 4. The normalized spacial score (nSPS) is 9.50. The van der Waals surface area contributed by atoms with Crippen LogP contribution in [0.2, 0.25) is 5.02 Å². The number of nitrogens with zero attached hydrogens (tertiary/aromatic N) is 1. The van der Waals surface area contributed by atoms with Gasteiger partial charge >= 0.3 is 0 Å². The average molecular weight is 209 g/mol. The van der Waals surface area contributed by atoms with Crippen LogP contribution in [0.15, 0.2) is 18.2 Å². The third-order valence-electron chi connectivity index (χ3n) is 1.94. The fourth-order valence-electron chi connectivity index (χ4n) is 1.13. The van der Waals surface area contributed by atoms with Gasteiger partial charge in [-0.15, -0.1) is 0 Å². The van der Waals surface area contributed by atoms with Crippen molar-refractivity contribution in [1.82, 2.24) is 0 Å². The highest BCUT2D eigenvalue weighted by atomic mass is 35.5. The third-order valence-corrected chi connectivity index (χ3v) is 2.27. The Balaban J connectivity index is 2.70. The lowest BCUT2D eigenvalue weighted by Crippen LogP contribution is -2.01. The Kier molecular flexibility index (Phi) is 4.28. The molecule has 0 aliphatic carbocycles. The molecule has 1 N–H and O–H groups in total. The van der Waals surface area contributed by atoms with Crippen LogP contribution in [0.4, 0.5) is 5.69 Å². The number of nitriles is 1. The Morgan fingerprint density at radius 2 is 2.29 bits per heavy atom. The molecule has 0 spiro atoms. The van der Waals surface area contributed by atoms with E-state index in [1.54, 1.807) is 18.2 Å². The molecular formula is C11H13ClN2. The predicted octanol–water partition coefficient (Wildman–Crippen LogP) is 3.42. The molecule has 0 saturated heterocycles. The lowest BCUT2D eigenvalue weighted by atomic mass is 10.2. The molecule has 1 aromatic rings. The molecule has 0 aliphatic heterocycles. The summed E-state index contributed by atoms with van der Waals surface area (Å²) in [5, 5.41) is 12.6. The van der Waals surface area contributed by atoms with Gasteiger partial charge in [0.05, 0.1) is 22.3 Å². The number of halogens is 1. The van der Waals surface area contributed by atoms with Gasteiger partial charge in [0.1, 0.15) is 0 Å². The van der Waals surface area contributed by atoms with Crippen LogP contribution >= 0.6 is 11.6 Å². The first kappa shape index (κ1) is 10.9. The molecule has 0 bridgehead atoms. The molecule has 1 rings (SSSR count). The quantitative estimate of drug-likeness (QED) is 0.770. The number of hydrogen-bond donors (Lipinski definition) is 1. The van der Waals surface area contributed by atoms with Gasteiger partial charge in [0.2, 0.25) is 0 Å². The molecule has 0 heterocycles. The van der Waals surface area contributed by atoms with Crippen LogP contribution < -0.4 is 5.32 Å². The fourth-order valence-corrected chi connectivity index (χ4v) is 1.31. The van der Waals surface area contributed by atoms with Crippen LogP contribution in [0.3, 0.4) is 0 Å². The standard InChI is InChI=1S/C11H13ClN2/c1-2-3-6-14-11-7-9(8-13)4-5-10(11)12/h4-5,7,14H,2-3,6H2,1H3. The van der Waals surface area contributed by atoms with Crippen molar-refractivity contribution in [1.29, 1.82) is 5.26 Å². The number of nitrogens with one attached hydrogen (secondary N) is 1. The van der Waals surface area contributed by atoms with Gasteiger partial charge in [-0.25, -0.2) is 0 Å². The van der Waals surface area contributed by atoms with Crippen LogP contribution in [-0.4, -0.2) is 6.54 Å². The van der Waals surface area contributed by atoms with Gasteiger partial charge in [0, 0.05) is 6.54 Å². The van der Waals surface area contributed by atoms with E-state index < -0.39 is 0 Å². The maximum atomic E-state index is 8.70. The van der Waals surface area contributed by atoms with Gasteiger partial charge in [0.15, 0.2) is 0 Å². The minimum absolute atomic E-state index is 0.633.